The predicted octanol–water partition coefficient (Wildman–Crippen LogP) is 4.77. The average molecular weight is 415 g/mol. The lowest BCUT2D eigenvalue weighted by atomic mass is 10.0. The molecule has 9 heteroatoms. The lowest BCUT2D eigenvalue weighted by molar-refractivity contribution is 0.103. The molecule has 0 spiro atoms. The van der Waals surface area contributed by atoms with E-state index in [9.17, 15) is 0 Å². The van der Waals surface area contributed by atoms with E-state index in [0.717, 1.165) is 31.0 Å². The van der Waals surface area contributed by atoms with Crippen LogP contribution in [-0.4, -0.2) is 44.3 Å². The Labute approximate surface area is 168 Å². The molecule has 7 nitrogen and oxygen atoms in total. The van der Waals surface area contributed by atoms with Crippen LogP contribution in [0.1, 0.15) is 60.3 Å². The van der Waals surface area contributed by atoms with E-state index in [2.05, 4.69) is 54.1 Å². The maximum atomic E-state index is 8.85. The van der Waals surface area contributed by atoms with Gasteiger partial charge in [0.2, 0.25) is 5.88 Å². The molecule has 0 amide bonds. The molecule has 152 valence electrons. The van der Waals surface area contributed by atoms with Gasteiger partial charge in [-0.05, 0) is 40.0 Å². The zero-order valence-electron chi connectivity index (χ0n) is 16.9. The van der Waals surface area contributed by atoms with Gasteiger partial charge in [-0.3, -0.25) is 0 Å². The van der Waals surface area contributed by atoms with Crippen molar-refractivity contribution in [3.05, 3.63) is 6.20 Å². The van der Waals surface area contributed by atoms with Crippen LogP contribution in [0, 0.1) is 17.2 Å². The van der Waals surface area contributed by atoms with Gasteiger partial charge < -0.3 is 13.8 Å². The smallest absolute Gasteiger partial charge is 0.259 e. The topological polar surface area (TPSA) is 80.5 Å². The second-order valence-electron chi connectivity index (χ2n) is 7.32. The number of nitriles is 1. The molecule has 0 aromatic carbocycles. The highest BCUT2D eigenvalue weighted by Gasteiger charge is 2.39. The van der Waals surface area contributed by atoms with Gasteiger partial charge >= 0.3 is 0 Å². The standard InChI is InChI=1S/C18H31N4O3PS/c1-6-15-10-16(24-18-12-20-27-21-18)11-17(15)25-26(23-9-7-8-19)22(13(2)3)14(4)5/h12-17H,6-7,9-11H2,1-5H3/t15-,16+,17-,26?/m0/s1. The van der Waals surface area contributed by atoms with Crippen LogP contribution in [-0.2, 0) is 9.05 Å². The van der Waals surface area contributed by atoms with Crippen molar-refractivity contribution in [2.45, 2.75) is 84.6 Å². The maximum Gasteiger partial charge on any atom is 0.259 e. The monoisotopic (exact) mass is 414 g/mol. The molecule has 0 N–H and O–H groups in total. The second kappa shape index (κ2) is 11.2. The number of hydrogen-bond donors (Lipinski definition) is 0. The van der Waals surface area contributed by atoms with Gasteiger partial charge in [0.1, 0.15) is 12.3 Å². The minimum atomic E-state index is -1.23. The number of rotatable bonds is 11. The summed E-state index contributed by atoms with van der Waals surface area (Å²) >= 11 is 1.16. The Morgan fingerprint density at radius 1 is 1.33 bits per heavy atom. The van der Waals surface area contributed by atoms with Crippen molar-refractivity contribution in [2.75, 3.05) is 6.61 Å². The summed E-state index contributed by atoms with van der Waals surface area (Å²) in [5.74, 6) is 1.02. The van der Waals surface area contributed by atoms with Crippen LogP contribution in [0.2, 0.25) is 0 Å². The van der Waals surface area contributed by atoms with E-state index in [1.807, 2.05) is 0 Å². The molecular weight excluding hydrogens is 383 g/mol. The molecule has 1 aromatic heterocycles. The van der Waals surface area contributed by atoms with E-state index in [4.69, 9.17) is 19.0 Å². The van der Waals surface area contributed by atoms with E-state index >= 15 is 0 Å². The third-order valence-electron chi connectivity index (χ3n) is 4.63. The minimum Gasteiger partial charge on any atom is -0.473 e. The fourth-order valence-corrected chi connectivity index (χ4v) is 5.63. The third-order valence-corrected chi connectivity index (χ3v) is 7.24. The Morgan fingerprint density at radius 2 is 2.07 bits per heavy atom. The summed E-state index contributed by atoms with van der Waals surface area (Å²) in [6, 6.07) is 2.74. The van der Waals surface area contributed by atoms with E-state index < -0.39 is 8.53 Å². The summed E-state index contributed by atoms with van der Waals surface area (Å²) in [4.78, 5) is 0. The van der Waals surface area contributed by atoms with Gasteiger partial charge in [-0.15, -0.1) is 4.37 Å². The van der Waals surface area contributed by atoms with Crippen molar-refractivity contribution in [1.82, 2.24) is 13.4 Å². The second-order valence-corrected chi connectivity index (χ2v) is 9.28. The van der Waals surface area contributed by atoms with E-state index in [1.165, 1.54) is 0 Å². The van der Waals surface area contributed by atoms with Gasteiger partial charge in [-0.1, -0.05) is 13.3 Å². The van der Waals surface area contributed by atoms with Gasteiger partial charge in [-0.25, -0.2) is 4.67 Å². The van der Waals surface area contributed by atoms with Crippen LogP contribution in [0.5, 0.6) is 5.88 Å². The lowest BCUT2D eigenvalue weighted by Crippen LogP contribution is -2.35. The Hall–Kier alpha value is -0.840. The zero-order valence-corrected chi connectivity index (χ0v) is 18.6. The maximum absolute atomic E-state index is 8.85. The number of aromatic nitrogens is 2. The van der Waals surface area contributed by atoms with Crippen LogP contribution in [0.3, 0.4) is 0 Å². The highest BCUT2D eigenvalue weighted by atomic mass is 32.1. The van der Waals surface area contributed by atoms with Crippen molar-refractivity contribution in [3.8, 4) is 11.9 Å². The van der Waals surface area contributed by atoms with Crippen molar-refractivity contribution < 1.29 is 13.8 Å². The minimum absolute atomic E-state index is 0.0831. The van der Waals surface area contributed by atoms with Gasteiger partial charge in [0, 0.05) is 18.5 Å². The Balaban J connectivity index is 2.05. The first-order valence-corrected chi connectivity index (χ1v) is 11.5. The summed E-state index contributed by atoms with van der Waals surface area (Å²) < 4.78 is 29.0. The molecule has 0 aliphatic heterocycles. The van der Waals surface area contributed by atoms with Gasteiger partial charge in [0.05, 0.1) is 36.9 Å². The van der Waals surface area contributed by atoms with Crippen LogP contribution in [0.15, 0.2) is 6.20 Å². The van der Waals surface area contributed by atoms with Crippen LogP contribution in [0.4, 0.5) is 0 Å². The van der Waals surface area contributed by atoms with E-state index in [1.54, 1.807) is 6.20 Å². The number of nitrogens with zero attached hydrogens (tertiary/aromatic N) is 4. The third kappa shape index (κ3) is 6.62. The first-order chi connectivity index (χ1) is 13.0. The fraction of sp³-hybridized carbons (Fsp3) is 0.833. The molecule has 1 aliphatic carbocycles. The largest absolute Gasteiger partial charge is 0.473 e. The molecule has 1 unspecified atom stereocenters. The molecule has 4 atom stereocenters. The van der Waals surface area contributed by atoms with Crippen molar-refractivity contribution in [2.24, 2.45) is 5.92 Å². The molecule has 27 heavy (non-hydrogen) atoms. The predicted molar refractivity (Wildman–Crippen MR) is 107 cm³/mol. The van der Waals surface area contributed by atoms with Gasteiger partial charge in [0.25, 0.3) is 8.53 Å². The molecule has 1 aliphatic rings. The molecule has 1 saturated carbocycles. The summed E-state index contributed by atoms with van der Waals surface area (Å²) in [5, 5.41) is 8.85. The molecule has 1 fully saturated rings. The molecule has 0 bridgehead atoms. The van der Waals surface area contributed by atoms with Crippen molar-refractivity contribution >= 4 is 20.3 Å². The first kappa shape index (κ1) is 22.4. The number of ether oxygens (including phenoxy) is 1. The fourth-order valence-electron chi connectivity index (χ4n) is 3.48. The quantitative estimate of drug-likeness (QED) is 0.381. The first-order valence-electron chi connectivity index (χ1n) is 9.65. The van der Waals surface area contributed by atoms with Gasteiger partial charge in [0.15, 0.2) is 0 Å². The lowest BCUT2D eigenvalue weighted by Gasteiger charge is -2.37. The van der Waals surface area contributed by atoms with Crippen LogP contribution < -0.4 is 4.74 Å². The average Bonchev–Trinajstić information content (AvgIpc) is 3.24. The molecule has 0 saturated heterocycles. The molecule has 1 heterocycles. The van der Waals surface area contributed by atoms with E-state index in [0.29, 0.717) is 36.9 Å². The highest BCUT2D eigenvalue weighted by Crippen LogP contribution is 2.50. The van der Waals surface area contributed by atoms with E-state index in [-0.39, 0.29) is 12.2 Å². The van der Waals surface area contributed by atoms with Crippen LogP contribution >= 0.6 is 20.3 Å². The summed E-state index contributed by atoms with van der Waals surface area (Å²) in [6.07, 6.45) is 5.01. The summed E-state index contributed by atoms with van der Waals surface area (Å²) in [6.45, 7) is 11.2. The zero-order chi connectivity index (χ0) is 19.8. The highest BCUT2D eigenvalue weighted by molar-refractivity contribution is 7.44. The van der Waals surface area contributed by atoms with Crippen LogP contribution in [0.25, 0.3) is 0 Å². The molecular formula is C18H31N4O3PS. The normalized spacial score (nSPS) is 23.9. The SMILES string of the molecule is CC[C@H]1C[C@@H](Oc2cnsn2)C[C@@H]1OP(OCCC#N)N(C(C)C)C(C)C. The molecule has 1 aromatic rings. The molecule has 2 rings (SSSR count). The molecule has 0 radical (unpaired) electrons. The Kier molecular flexibility index (Phi) is 9.34. The van der Waals surface area contributed by atoms with Crippen molar-refractivity contribution in [3.63, 3.8) is 0 Å². The van der Waals surface area contributed by atoms with Gasteiger partial charge in [-0.2, -0.15) is 9.64 Å². The summed E-state index contributed by atoms with van der Waals surface area (Å²) in [5.41, 5.74) is 0. The Bertz CT molecular complexity index is 574. The van der Waals surface area contributed by atoms with Crippen molar-refractivity contribution in [1.29, 1.82) is 5.26 Å². The number of hydrogen-bond acceptors (Lipinski definition) is 8. The summed E-state index contributed by atoms with van der Waals surface area (Å²) in [7, 11) is -1.23. The Morgan fingerprint density at radius 3 is 2.63 bits per heavy atom.